The van der Waals surface area contributed by atoms with Crippen molar-refractivity contribution in [1.82, 2.24) is 0 Å². The Morgan fingerprint density at radius 2 is 1.63 bits per heavy atom. The summed E-state index contributed by atoms with van der Waals surface area (Å²) < 4.78 is 5.73. The minimum absolute atomic E-state index is 0.113. The largest absolute Gasteiger partial charge is 0.413 e. The lowest BCUT2D eigenvalue weighted by Crippen LogP contribution is -2.49. The Morgan fingerprint density at radius 3 is 2.11 bits per heavy atom. The van der Waals surface area contributed by atoms with Crippen molar-refractivity contribution in [3.8, 4) is 0 Å². The van der Waals surface area contributed by atoms with Crippen molar-refractivity contribution < 1.29 is 9.22 Å². The third-order valence-electron chi connectivity index (χ3n) is 7.31. The summed E-state index contributed by atoms with van der Waals surface area (Å²) in [6, 6.07) is 6.59. The van der Waals surface area contributed by atoms with Gasteiger partial charge in [0.1, 0.15) is 0 Å². The molecule has 27 heavy (non-hydrogen) atoms. The van der Waals surface area contributed by atoms with E-state index < -0.39 is 9.04 Å². The van der Waals surface area contributed by atoms with Crippen LogP contribution in [0.15, 0.2) is 18.2 Å². The van der Waals surface area contributed by atoms with Crippen LogP contribution in [0.5, 0.6) is 0 Å². The molecule has 0 radical (unpaired) electrons. The average molecular weight is 385 g/mol. The molecule has 0 amide bonds. The quantitative estimate of drug-likeness (QED) is 0.485. The zero-order valence-corrected chi connectivity index (χ0v) is 19.0. The molecule has 0 unspecified atom stereocenters. The first-order valence-electron chi connectivity index (χ1n) is 11.0. The van der Waals surface area contributed by atoms with Crippen LogP contribution in [0.2, 0.25) is 13.1 Å². The van der Waals surface area contributed by atoms with Crippen molar-refractivity contribution in [2.45, 2.75) is 83.2 Å². The highest BCUT2D eigenvalue weighted by Gasteiger charge is 2.52. The van der Waals surface area contributed by atoms with Gasteiger partial charge in [0.05, 0.1) is 6.61 Å². The third kappa shape index (κ3) is 3.70. The highest BCUT2D eigenvalue weighted by Crippen LogP contribution is 2.61. The molecule has 1 aromatic carbocycles. The molecule has 0 N–H and O–H groups in total. The molecule has 4 saturated carbocycles. The Morgan fingerprint density at radius 1 is 1.07 bits per heavy atom. The zero-order chi connectivity index (χ0) is 19.4. The molecule has 0 aliphatic heterocycles. The van der Waals surface area contributed by atoms with Gasteiger partial charge in [-0.1, -0.05) is 32.9 Å². The van der Waals surface area contributed by atoms with Crippen molar-refractivity contribution >= 4 is 14.8 Å². The summed E-state index contributed by atoms with van der Waals surface area (Å²) in [6.45, 7) is 11.5. The van der Waals surface area contributed by atoms with E-state index in [1.165, 1.54) is 49.7 Å². The fraction of sp³-hybridized carbons (Fsp3) is 0.708. The molecule has 0 saturated heterocycles. The predicted molar refractivity (Wildman–Crippen MR) is 114 cm³/mol. The maximum Gasteiger partial charge on any atom is 0.187 e. The van der Waals surface area contributed by atoms with Crippen LogP contribution in [0, 0.1) is 17.8 Å². The molecule has 4 aliphatic carbocycles. The van der Waals surface area contributed by atoms with Gasteiger partial charge in [-0.15, -0.1) is 0 Å². The van der Waals surface area contributed by atoms with Gasteiger partial charge in [0.25, 0.3) is 0 Å². The van der Waals surface area contributed by atoms with Crippen LogP contribution in [0.3, 0.4) is 0 Å². The second kappa shape index (κ2) is 6.84. The molecule has 0 spiro atoms. The van der Waals surface area contributed by atoms with Gasteiger partial charge in [0.15, 0.2) is 14.8 Å². The lowest BCUT2D eigenvalue weighted by atomic mass is 9.47. The highest BCUT2D eigenvalue weighted by atomic mass is 28.3. The number of hydrogen-bond donors (Lipinski definition) is 0. The fourth-order valence-electron chi connectivity index (χ4n) is 6.58. The number of rotatable bonds is 5. The monoisotopic (exact) mass is 384 g/mol. The molecule has 4 aliphatic rings. The SMILES string of the molecule is C[SiH](C)OCC(=O)c1ccc(C(C)(C)C)c(C23CC4CC(CC(C4)C2)C3)c1. The van der Waals surface area contributed by atoms with Crippen LogP contribution in [0.25, 0.3) is 0 Å². The molecule has 3 heteroatoms. The van der Waals surface area contributed by atoms with Crippen LogP contribution >= 0.6 is 0 Å². The van der Waals surface area contributed by atoms with Crippen LogP contribution in [0.4, 0.5) is 0 Å². The van der Waals surface area contributed by atoms with Gasteiger partial charge >= 0.3 is 0 Å². The van der Waals surface area contributed by atoms with E-state index in [2.05, 4.69) is 52.1 Å². The number of carbonyl (C=O) groups excluding carboxylic acids is 1. The second-order valence-corrected chi connectivity index (χ2v) is 13.4. The van der Waals surface area contributed by atoms with Crippen LogP contribution in [-0.4, -0.2) is 21.4 Å². The van der Waals surface area contributed by atoms with E-state index >= 15 is 0 Å². The summed E-state index contributed by atoms with van der Waals surface area (Å²) in [5, 5.41) is 0. The average Bonchev–Trinajstić information content (AvgIpc) is 2.57. The molecule has 5 rings (SSSR count). The van der Waals surface area contributed by atoms with Gasteiger partial charge in [-0.05, 0) is 97.4 Å². The van der Waals surface area contributed by atoms with E-state index in [1.807, 2.05) is 0 Å². The molecule has 148 valence electrons. The highest BCUT2D eigenvalue weighted by molar-refractivity contribution is 6.48. The van der Waals surface area contributed by atoms with Crippen molar-refractivity contribution in [3.05, 3.63) is 34.9 Å². The van der Waals surface area contributed by atoms with Gasteiger partial charge in [-0.3, -0.25) is 4.79 Å². The number of benzene rings is 1. The molecule has 4 bridgehead atoms. The minimum Gasteiger partial charge on any atom is -0.413 e. The predicted octanol–water partition coefficient (Wildman–Crippen LogP) is 5.63. The number of Topliss-reactive ketones (excluding diaryl/α,β-unsaturated/α-hetero) is 1. The summed E-state index contributed by atoms with van der Waals surface area (Å²) in [5.41, 5.74) is 4.26. The fourth-order valence-corrected chi connectivity index (χ4v) is 7.06. The van der Waals surface area contributed by atoms with Gasteiger partial charge in [0, 0.05) is 5.56 Å². The first-order valence-corrected chi connectivity index (χ1v) is 13.7. The molecule has 4 fully saturated rings. The van der Waals surface area contributed by atoms with E-state index in [1.54, 1.807) is 0 Å². The number of ketones is 1. The van der Waals surface area contributed by atoms with E-state index in [-0.39, 0.29) is 17.8 Å². The molecule has 0 atom stereocenters. The number of hydrogen-bond acceptors (Lipinski definition) is 2. The first-order chi connectivity index (χ1) is 12.7. The normalized spacial score (nSPS) is 32.3. The van der Waals surface area contributed by atoms with Crippen molar-refractivity contribution in [2.24, 2.45) is 17.8 Å². The standard InChI is InChI=1S/C24H36O2Si/c1-23(2,3)20-7-6-19(22(25)15-26-27(4)5)11-21(20)24-12-16-8-17(13-24)10-18(9-16)14-24/h6-7,11,16-18,27H,8-10,12-15H2,1-5H3. The van der Waals surface area contributed by atoms with Gasteiger partial charge in [-0.25, -0.2) is 0 Å². The molecular weight excluding hydrogens is 348 g/mol. The first kappa shape index (κ1) is 19.4. The summed E-state index contributed by atoms with van der Waals surface area (Å²) in [4.78, 5) is 12.8. The van der Waals surface area contributed by atoms with Crippen molar-refractivity contribution in [2.75, 3.05) is 6.61 Å². The topological polar surface area (TPSA) is 26.3 Å². The van der Waals surface area contributed by atoms with Gasteiger partial charge in [-0.2, -0.15) is 0 Å². The Labute approximate surface area is 166 Å². The summed E-state index contributed by atoms with van der Waals surface area (Å²) in [5.74, 6) is 2.90. The number of carbonyl (C=O) groups is 1. The Kier molecular flexibility index (Phi) is 4.91. The lowest BCUT2D eigenvalue weighted by Gasteiger charge is -2.58. The van der Waals surface area contributed by atoms with Gasteiger partial charge in [0.2, 0.25) is 0 Å². The molecule has 1 aromatic rings. The third-order valence-corrected chi connectivity index (χ3v) is 8.14. The minimum atomic E-state index is -1.17. The molecule has 0 heterocycles. The van der Waals surface area contributed by atoms with E-state index in [9.17, 15) is 4.79 Å². The van der Waals surface area contributed by atoms with E-state index in [0.29, 0.717) is 5.41 Å². The zero-order valence-electron chi connectivity index (χ0n) is 17.8. The maximum absolute atomic E-state index is 12.8. The smallest absolute Gasteiger partial charge is 0.187 e. The molecule has 0 aromatic heterocycles. The summed E-state index contributed by atoms with van der Waals surface area (Å²) in [7, 11) is -1.17. The van der Waals surface area contributed by atoms with Crippen molar-refractivity contribution in [1.29, 1.82) is 0 Å². The van der Waals surface area contributed by atoms with Crippen LogP contribution in [-0.2, 0) is 15.3 Å². The van der Waals surface area contributed by atoms with Crippen LogP contribution in [0.1, 0.15) is 80.8 Å². The van der Waals surface area contributed by atoms with E-state index in [0.717, 1.165) is 23.3 Å². The van der Waals surface area contributed by atoms with E-state index in [4.69, 9.17) is 4.43 Å². The Balaban J connectivity index is 1.73. The summed E-state index contributed by atoms with van der Waals surface area (Å²) in [6.07, 6.45) is 8.39. The molecule has 2 nitrogen and oxygen atoms in total. The summed E-state index contributed by atoms with van der Waals surface area (Å²) >= 11 is 0. The maximum atomic E-state index is 12.8. The van der Waals surface area contributed by atoms with Crippen LogP contribution < -0.4 is 0 Å². The lowest BCUT2D eigenvalue weighted by molar-refractivity contribution is -0.00595. The second-order valence-electron chi connectivity index (χ2n) is 11.0. The van der Waals surface area contributed by atoms with Crippen molar-refractivity contribution in [3.63, 3.8) is 0 Å². The Bertz CT molecular complexity index is 693. The molecular formula is C24H36O2Si. The van der Waals surface area contributed by atoms with Gasteiger partial charge < -0.3 is 4.43 Å². The Hall–Kier alpha value is -0.933.